The zero-order valence-electron chi connectivity index (χ0n) is 9.18. The van der Waals surface area contributed by atoms with Gasteiger partial charge < -0.3 is 10.6 Å². The number of amides is 1. The molecule has 0 unspecified atom stereocenters. The van der Waals surface area contributed by atoms with Crippen molar-refractivity contribution >= 4 is 33.4 Å². The maximum absolute atomic E-state index is 11.3. The van der Waals surface area contributed by atoms with Crippen LogP contribution in [0, 0.1) is 0 Å². The van der Waals surface area contributed by atoms with Gasteiger partial charge in [0.1, 0.15) is 0 Å². The van der Waals surface area contributed by atoms with Crippen LogP contribution in [0.5, 0.6) is 0 Å². The smallest absolute Gasteiger partial charge is 0.236 e. The first-order chi connectivity index (χ1) is 7.54. The fraction of sp³-hybridized carbons (Fsp3) is 0.364. The van der Waals surface area contributed by atoms with Gasteiger partial charge in [0.2, 0.25) is 5.91 Å². The first-order valence-corrected chi connectivity index (χ1v) is 6.10. The third-order valence-electron chi connectivity index (χ3n) is 2.25. The highest BCUT2D eigenvalue weighted by Crippen LogP contribution is 2.21. The Morgan fingerprint density at radius 3 is 2.81 bits per heavy atom. The van der Waals surface area contributed by atoms with E-state index in [9.17, 15) is 4.79 Å². The number of carbonyl (C=O) groups excluding carboxylic acids is 1. The van der Waals surface area contributed by atoms with Crippen molar-refractivity contribution in [3.63, 3.8) is 0 Å². The Kier molecular flexibility index (Phi) is 5.25. The number of rotatable bonds is 4. The van der Waals surface area contributed by atoms with Crippen molar-refractivity contribution < 1.29 is 4.79 Å². The van der Waals surface area contributed by atoms with E-state index in [1.807, 2.05) is 25.1 Å². The molecule has 1 aromatic carbocycles. The van der Waals surface area contributed by atoms with Crippen LogP contribution in [-0.4, -0.2) is 19.0 Å². The van der Waals surface area contributed by atoms with Crippen molar-refractivity contribution in [2.75, 3.05) is 7.05 Å². The van der Waals surface area contributed by atoms with Gasteiger partial charge in [0.25, 0.3) is 0 Å². The van der Waals surface area contributed by atoms with Crippen LogP contribution < -0.4 is 10.6 Å². The third-order valence-corrected chi connectivity index (χ3v) is 3.23. The summed E-state index contributed by atoms with van der Waals surface area (Å²) in [4.78, 5) is 11.3. The summed E-state index contributed by atoms with van der Waals surface area (Å²) >= 11 is 9.26. The molecule has 16 heavy (non-hydrogen) atoms. The molecule has 1 atom stereocenters. The number of carbonyl (C=O) groups is 1. The maximum Gasteiger partial charge on any atom is 0.236 e. The first-order valence-electron chi connectivity index (χ1n) is 4.93. The van der Waals surface area contributed by atoms with Crippen molar-refractivity contribution in [1.29, 1.82) is 0 Å². The summed E-state index contributed by atoms with van der Waals surface area (Å²) in [5.41, 5.74) is 1.07. The minimum Gasteiger partial charge on any atom is -0.358 e. The monoisotopic (exact) mass is 304 g/mol. The Hall–Kier alpha value is -0.580. The molecule has 0 aliphatic heterocycles. The van der Waals surface area contributed by atoms with E-state index in [0.717, 1.165) is 10.0 Å². The summed E-state index contributed by atoms with van der Waals surface area (Å²) in [5.74, 6) is -0.0231. The quantitative estimate of drug-likeness (QED) is 0.896. The lowest BCUT2D eigenvalue weighted by Gasteiger charge is -2.13. The van der Waals surface area contributed by atoms with Crippen molar-refractivity contribution in [2.24, 2.45) is 0 Å². The van der Waals surface area contributed by atoms with Gasteiger partial charge in [0.05, 0.1) is 6.04 Å². The zero-order valence-corrected chi connectivity index (χ0v) is 11.5. The van der Waals surface area contributed by atoms with Gasteiger partial charge in [-0.1, -0.05) is 33.6 Å². The molecule has 0 radical (unpaired) electrons. The molecule has 0 fully saturated rings. The van der Waals surface area contributed by atoms with Gasteiger partial charge in [0.15, 0.2) is 0 Å². The second kappa shape index (κ2) is 6.23. The predicted octanol–water partition coefficient (Wildman–Crippen LogP) is 2.33. The Morgan fingerprint density at radius 1 is 1.56 bits per heavy atom. The van der Waals surface area contributed by atoms with E-state index in [0.29, 0.717) is 11.6 Å². The normalized spacial score (nSPS) is 12.2. The van der Waals surface area contributed by atoms with E-state index in [1.165, 1.54) is 0 Å². The standard InChI is InChI=1S/C11H14BrClN2O/c1-7(11(16)14-2)15-6-8-3-4-9(13)5-10(8)12/h3-5,7,15H,6H2,1-2H3,(H,14,16)/t7-/m1/s1. The van der Waals surface area contributed by atoms with Gasteiger partial charge in [-0.05, 0) is 24.6 Å². The number of nitrogens with one attached hydrogen (secondary N) is 2. The maximum atomic E-state index is 11.3. The Balaban J connectivity index is 2.58. The number of likely N-dealkylation sites (N-methyl/N-ethyl adjacent to an activating group) is 1. The molecular weight excluding hydrogens is 291 g/mol. The predicted molar refractivity (Wildman–Crippen MR) is 69.5 cm³/mol. The van der Waals surface area contributed by atoms with E-state index in [2.05, 4.69) is 26.6 Å². The molecule has 1 amide bonds. The lowest BCUT2D eigenvalue weighted by Crippen LogP contribution is -2.40. The fourth-order valence-electron chi connectivity index (χ4n) is 1.24. The van der Waals surface area contributed by atoms with Crippen LogP contribution in [0.25, 0.3) is 0 Å². The van der Waals surface area contributed by atoms with Crippen molar-refractivity contribution in [3.8, 4) is 0 Å². The largest absolute Gasteiger partial charge is 0.358 e. The summed E-state index contributed by atoms with van der Waals surface area (Å²) in [7, 11) is 1.62. The van der Waals surface area contributed by atoms with Crippen LogP contribution in [0.4, 0.5) is 0 Å². The zero-order chi connectivity index (χ0) is 12.1. The molecule has 1 rings (SSSR count). The third kappa shape index (κ3) is 3.77. The molecule has 0 saturated carbocycles. The second-order valence-corrected chi connectivity index (χ2v) is 4.74. The Labute approximate surface area is 109 Å². The number of benzene rings is 1. The summed E-state index contributed by atoms with van der Waals surface area (Å²) in [6, 6.07) is 5.38. The van der Waals surface area contributed by atoms with Crippen LogP contribution in [-0.2, 0) is 11.3 Å². The van der Waals surface area contributed by atoms with E-state index in [-0.39, 0.29) is 11.9 Å². The fourth-order valence-corrected chi connectivity index (χ4v) is 2.06. The molecule has 0 spiro atoms. The van der Waals surface area contributed by atoms with Gasteiger partial charge >= 0.3 is 0 Å². The summed E-state index contributed by atoms with van der Waals surface area (Å²) in [6.45, 7) is 2.44. The van der Waals surface area contributed by atoms with Crippen LogP contribution >= 0.6 is 27.5 Å². The van der Waals surface area contributed by atoms with Crippen molar-refractivity contribution in [2.45, 2.75) is 19.5 Å². The lowest BCUT2D eigenvalue weighted by molar-refractivity contribution is -0.122. The van der Waals surface area contributed by atoms with Gasteiger partial charge in [-0.2, -0.15) is 0 Å². The minimum absolute atomic E-state index is 0.0231. The van der Waals surface area contributed by atoms with Crippen molar-refractivity contribution in [1.82, 2.24) is 10.6 Å². The van der Waals surface area contributed by atoms with Gasteiger partial charge in [0, 0.05) is 23.1 Å². The summed E-state index contributed by atoms with van der Waals surface area (Å²) in [5, 5.41) is 6.41. The molecule has 0 aliphatic carbocycles. The number of halogens is 2. The molecule has 0 aromatic heterocycles. The number of hydrogen-bond acceptors (Lipinski definition) is 2. The minimum atomic E-state index is -0.215. The first kappa shape index (κ1) is 13.5. The average molecular weight is 306 g/mol. The topological polar surface area (TPSA) is 41.1 Å². The van der Waals surface area contributed by atoms with E-state index in [1.54, 1.807) is 7.05 Å². The van der Waals surface area contributed by atoms with Gasteiger partial charge in [-0.3, -0.25) is 4.79 Å². The highest BCUT2D eigenvalue weighted by molar-refractivity contribution is 9.10. The summed E-state index contributed by atoms with van der Waals surface area (Å²) < 4.78 is 0.941. The number of hydrogen-bond donors (Lipinski definition) is 2. The molecule has 88 valence electrons. The van der Waals surface area contributed by atoms with Gasteiger partial charge in [-0.15, -0.1) is 0 Å². The summed E-state index contributed by atoms with van der Waals surface area (Å²) in [6.07, 6.45) is 0. The molecule has 0 heterocycles. The molecule has 5 heteroatoms. The SMILES string of the molecule is CNC(=O)[C@@H](C)NCc1ccc(Cl)cc1Br. The van der Waals surface area contributed by atoms with Crippen molar-refractivity contribution in [3.05, 3.63) is 33.3 Å². The highest BCUT2D eigenvalue weighted by atomic mass is 79.9. The molecule has 2 N–H and O–H groups in total. The molecular formula is C11H14BrClN2O. The molecule has 0 aliphatic rings. The second-order valence-electron chi connectivity index (χ2n) is 3.45. The van der Waals surface area contributed by atoms with Gasteiger partial charge in [-0.25, -0.2) is 0 Å². The molecule has 0 bridgehead atoms. The van der Waals surface area contributed by atoms with Crippen LogP contribution in [0.1, 0.15) is 12.5 Å². The van der Waals surface area contributed by atoms with Crippen LogP contribution in [0.2, 0.25) is 5.02 Å². The molecule has 0 saturated heterocycles. The van der Waals surface area contributed by atoms with Crippen LogP contribution in [0.15, 0.2) is 22.7 Å². The molecule has 3 nitrogen and oxygen atoms in total. The highest BCUT2D eigenvalue weighted by Gasteiger charge is 2.10. The molecule has 1 aromatic rings. The van der Waals surface area contributed by atoms with Crippen LogP contribution in [0.3, 0.4) is 0 Å². The van der Waals surface area contributed by atoms with E-state index < -0.39 is 0 Å². The lowest BCUT2D eigenvalue weighted by atomic mass is 10.2. The van der Waals surface area contributed by atoms with E-state index >= 15 is 0 Å². The average Bonchev–Trinajstić information content (AvgIpc) is 2.26. The van der Waals surface area contributed by atoms with E-state index in [4.69, 9.17) is 11.6 Å². The Morgan fingerprint density at radius 2 is 2.25 bits per heavy atom. The Bertz CT molecular complexity index is 384.